The van der Waals surface area contributed by atoms with E-state index in [0.29, 0.717) is 12.2 Å². The standard InChI is InChI=1S/C17H28N2O/c1-4-14-6-8-15(9-7-14)19(3)13-17-11-10-16(20-17)12-18-5-2/h6-9,16-18H,4-5,10-13H2,1-3H3. The quantitative estimate of drug-likeness (QED) is 0.829. The number of likely N-dealkylation sites (N-methyl/N-ethyl adjacent to an activating group) is 2. The third-order valence-electron chi connectivity index (χ3n) is 4.08. The summed E-state index contributed by atoms with van der Waals surface area (Å²) in [4.78, 5) is 2.31. The molecule has 0 aliphatic carbocycles. The van der Waals surface area contributed by atoms with Crippen LogP contribution in [0.1, 0.15) is 32.3 Å². The predicted octanol–water partition coefficient (Wildman–Crippen LogP) is 2.84. The highest BCUT2D eigenvalue weighted by Gasteiger charge is 2.25. The van der Waals surface area contributed by atoms with Crippen LogP contribution in [0.5, 0.6) is 0 Å². The Bertz CT molecular complexity index is 390. The van der Waals surface area contributed by atoms with Gasteiger partial charge in [0.05, 0.1) is 12.2 Å². The maximum atomic E-state index is 6.10. The molecule has 1 aromatic rings. The Morgan fingerprint density at radius 2 is 1.85 bits per heavy atom. The van der Waals surface area contributed by atoms with E-state index in [1.165, 1.54) is 24.1 Å². The second-order valence-electron chi connectivity index (χ2n) is 5.67. The monoisotopic (exact) mass is 276 g/mol. The number of hydrogen-bond acceptors (Lipinski definition) is 3. The van der Waals surface area contributed by atoms with Crippen molar-refractivity contribution in [1.82, 2.24) is 5.32 Å². The minimum atomic E-state index is 0.370. The van der Waals surface area contributed by atoms with Gasteiger partial charge in [0.25, 0.3) is 0 Å². The molecule has 0 amide bonds. The molecule has 20 heavy (non-hydrogen) atoms. The number of nitrogens with one attached hydrogen (secondary N) is 1. The molecule has 1 aromatic carbocycles. The van der Waals surface area contributed by atoms with E-state index in [-0.39, 0.29) is 0 Å². The molecule has 3 nitrogen and oxygen atoms in total. The molecule has 1 heterocycles. The first-order valence-corrected chi connectivity index (χ1v) is 7.89. The summed E-state index contributed by atoms with van der Waals surface area (Å²) in [6.07, 6.45) is 4.22. The second-order valence-corrected chi connectivity index (χ2v) is 5.67. The van der Waals surface area contributed by atoms with E-state index in [9.17, 15) is 0 Å². The summed E-state index contributed by atoms with van der Waals surface area (Å²) in [6, 6.07) is 8.86. The molecule has 0 radical (unpaired) electrons. The Morgan fingerprint density at radius 1 is 1.15 bits per heavy atom. The first kappa shape index (κ1) is 15.3. The largest absolute Gasteiger partial charge is 0.372 e. The van der Waals surface area contributed by atoms with Crippen LogP contribution in [0.25, 0.3) is 0 Å². The highest BCUT2D eigenvalue weighted by atomic mass is 16.5. The van der Waals surface area contributed by atoms with Crippen LogP contribution in [-0.4, -0.2) is 38.9 Å². The topological polar surface area (TPSA) is 24.5 Å². The molecule has 0 aromatic heterocycles. The lowest BCUT2D eigenvalue weighted by Crippen LogP contribution is -2.31. The summed E-state index contributed by atoms with van der Waals surface area (Å²) in [5.41, 5.74) is 2.67. The molecule has 0 bridgehead atoms. The fraction of sp³-hybridized carbons (Fsp3) is 0.647. The van der Waals surface area contributed by atoms with Crippen LogP contribution in [0.2, 0.25) is 0 Å². The van der Waals surface area contributed by atoms with Gasteiger partial charge in [0.1, 0.15) is 0 Å². The molecule has 0 saturated carbocycles. The van der Waals surface area contributed by atoms with Crippen molar-refractivity contribution in [2.75, 3.05) is 31.6 Å². The molecule has 2 unspecified atom stereocenters. The molecule has 1 aliphatic heterocycles. The van der Waals surface area contributed by atoms with Crippen molar-refractivity contribution in [2.24, 2.45) is 0 Å². The number of hydrogen-bond donors (Lipinski definition) is 1. The fourth-order valence-corrected chi connectivity index (χ4v) is 2.77. The summed E-state index contributed by atoms with van der Waals surface area (Å²) in [5, 5.41) is 3.37. The number of aryl methyl sites for hydroxylation is 1. The number of benzene rings is 1. The zero-order chi connectivity index (χ0) is 14.4. The lowest BCUT2D eigenvalue weighted by Gasteiger charge is -2.23. The van der Waals surface area contributed by atoms with E-state index in [2.05, 4.69) is 55.4 Å². The summed E-state index contributed by atoms with van der Waals surface area (Å²) < 4.78 is 6.10. The van der Waals surface area contributed by atoms with Gasteiger partial charge in [-0.1, -0.05) is 26.0 Å². The normalized spacial score (nSPS) is 22.1. The third kappa shape index (κ3) is 4.22. The average molecular weight is 276 g/mol. The van der Waals surface area contributed by atoms with Crippen molar-refractivity contribution in [3.8, 4) is 0 Å². The zero-order valence-corrected chi connectivity index (χ0v) is 13.1. The van der Waals surface area contributed by atoms with Gasteiger partial charge in [0.15, 0.2) is 0 Å². The van der Waals surface area contributed by atoms with Crippen LogP contribution in [-0.2, 0) is 11.2 Å². The van der Waals surface area contributed by atoms with Crippen LogP contribution in [0.3, 0.4) is 0 Å². The van der Waals surface area contributed by atoms with Crippen molar-refractivity contribution in [1.29, 1.82) is 0 Å². The third-order valence-corrected chi connectivity index (χ3v) is 4.08. The Hall–Kier alpha value is -1.06. The van der Waals surface area contributed by atoms with Gasteiger partial charge < -0.3 is 15.0 Å². The Morgan fingerprint density at radius 3 is 2.50 bits per heavy atom. The number of anilines is 1. The van der Waals surface area contributed by atoms with Crippen LogP contribution in [0.15, 0.2) is 24.3 Å². The molecule has 2 rings (SSSR count). The van der Waals surface area contributed by atoms with Crippen molar-refractivity contribution in [2.45, 2.75) is 45.3 Å². The summed E-state index contributed by atoms with van der Waals surface area (Å²) >= 11 is 0. The van der Waals surface area contributed by atoms with Gasteiger partial charge in [-0.2, -0.15) is 0 Å². The van der Waals surface area contributed by atoms with Crippen molar-refractivity contribution < 1.29 is 4.74 Å². The maximum Gasteiger partial charge on any atom is 0.0755 e. The zero-order valence-electron chi connectivity index (χ0n) is 13.1. The molecule has 1 saturated heterocycles. The molecular weight excluding hydrogens is 248 g/mol. The van der Waals surface area contributed by atoms with Gasteiger partial charge in [-0.15, -0.1) is 0 Å². The average Bonchev–Trinajstić information content (AvgIpc) is 2.92. The van der Waals surface area contributed by atoms with E-state index < -0.39 is 0 Å². The lowest BCUT2D eigenvalue weighted by molar-refractivity contribution is 0.0503. The van der Waals surface area contributed by atoms with Gasteiger partial charge in [-0.3, -0.25) is 0 Å². The van der Waals surface area contributed by atoms with Crippen LogP contribution >= 0.6 is 0 Å². The Kier molecular flexibility index (Phi) is 5.86. The molecule has 1 N–H and O–H groups in total. The molecule has 1 aliphatic rings. The van der Waals surface area contributed by atoms with Crippen LogP contribution < -0.4 is 10.2 Å². The van der Waals surface area contributed by atoms with E-state index in [4.69, 9.17) is 4.74 Å². The molecule has 2 atom stereocenters. The first-order chi connectivity index (χ1) is 9.72. The highest BCUT2D eigenvalue weighted by molar-refractivity contribution is 5.47. The van der Waals surface area contributed by atoms with Crippen molar-refractivity contribution in [3.63, 3.8) is 0 Å². The van der Waals surface area contributed by atoms with E-state index in [0.717, 1.165) is 26.1 Å². The summed E-state index contributed by atoms with van der Waals surface area (Å²) in [5.74, 6) is 0. The molecule has 0 spiro atoms. The second kappa shape index (κ2) is 7.65. The molecule has 3 heteroatoms. The first-order valence-electron chi connectivity index (χ1n) is 7.89. The van der Waals surface area contributed by atoms with Crippen molar-refractivity contribution >= 4 is 5.69 Å². The minimum Gasteiger partial charge on any atom is -0.372 e. The maximum absolute atomic E-state index is 6.10. The van der Waals surface area contributed by atoms with Gasteiger partial charge in [0.2, 0.25) is 0 Å². The van der Waals surface area contributed by atoms with Gasteiger partial charge in [-0.25, -0.2) is 0 Å². The lowest BCUT2D eigenvalue weighted by atomic mass is 10.1. The Labute approximate surface area is 123 Å². The van der Waals surface area contributed by atoms with Gasteiger partial charge in [0, 0.05) is 25.8 Å². The highest BCUT2D eigenvalue weighted by Crippen LogP contribution is 2.22. The number of ether oxygens (including phenoxy) is 1. The molecular formula is C17H28N2O. The van der Waals surface area contributed by atoms with Crippen LogP contribution in [0, 0.1) is 0 Å². The summed E-state index contributed by atoms with van der Waals surface area (Å²) in [6.45, 7) is 7.32. The van der Waals surface area contributed by atoms with E-state index in [1.54, 1.807) is 0 Å². The van der Waals surface area contributed by atoms with Crippen LogP contribution in [0.4, 0.5) is 5.69 Å². The SMILES string of the molecule is CCNCC1CCC(CN(C)c2ccc(CC)cc2)O1. The van der Waals surface area contributed by atoms with Gasteiger partial charge >= 0.3 is 0 Å². The number of nitrogens with zero attached hydrogens (tertiary/aromatic N) is 1. The van der Waals surface area contributed by atoms with Gasteiger partial charge in [-0.05, 0) is 43.5 Å². The molecule has 1 fully saturated rings. The van der Waals surface area contributed by atoms with E-state index in [1.807, 2.05) is 0 Å². The Balaban J connectivity index is 1.80. The van der Waals surface area contributed by atoms with Crippen molar-refractivity contribution in [3.05, 3.63) is 29.8 Å². The smallest absolute Gasteiger partial charge is 0.0755 e. The number of rotatable bonds is 7. The fourth-order valence-electron chi connectivity index (χ4n) is 2.77. The summed E-state index contributed by atoms with van der Waals surface area (Å²) in [7, 11) is 2.15. The van der Waals surface area contributed by atoms with E-state index >= 15 is 0 Å². The minimum absolute atomic E-state index is 0.370. The molecule has 112 valence electrons. The predicted molar refractivity (Wildman–Crippen MR) is 85.5 cm³/mol.